The molecule has 0 N–H and O–H groups in total. The van der Waals surface area contributed by atoms with Crippen molar-refractivity contribution >= 4 is 39.1 Å². The Hall–Kier alpha value is 0.280. The van der Waals surface area contributed by atoms with Crippen LogP contribution in [0, 0.1) is 11.3 Å². The van der Waals surface area contributed by atoms with Crippen molar-refractivity contribution in [1.29, 1.82) is 0 Å². The lowest BCUT2D eigenvalue weighted by Gasteiger charge is -2.32. The molecule has 0 saturated heterocycles. The molecule has 1 rings (SSSR count). The third-order valence-electron chi connectivity index (χ3n) is 3.30. The second-order valence-electron chi connectivity index (χ2n) is 4.85. The molecule has 0 nitrogen and oxygen atoms in total. The molecule has 0 aliphatic heterocycles. The summed E-state index contributed by atoms with van der Waals surface area (Å²) in [4.78, 5) is 0. The van der Waals surface area contributed by atoms with Crippen LogP contribution in [0.25, 0.3) is 0 Å². The fourth-order valence-corrected chi connectivity index (χ4v) is 2.74. The highest BCUT2D eigenvalue weighted by Gasteiger charge is 2.28. The number of rotatable bonds is 4. The fraction of sp³-hybridized carbons (Fsp3) is 0.538. The molecule has 0 spiro atoms. The molecule has 0 saturated carbocycles. The van der Waals surface area contributed by atoms with Gasteiger partial charge in [0.15, 0.2) is 0 Å². The van der Waals surface area contributed by atoms with Crippen LogP contribution in [0.2, 0.25) is 10.0 Å². The summed E-state index contributed by atoms with van der Waals surface area (Å²) in [5.41, 5.74) is 1.33. The SMILES string of the molecule is CC(C)C(C)(CBr)Cc1cc(Cl)ccc1Cl. The van der Waals surface area contributed by atoms with Crippen LogP contribution < -0.4 is 0 Å². The Morgan fingerprint density at radius 1 is 1.31 bits per heavy atom. The second kappa shape index (κ2) is 5.75. The molecule has 90 valence electrons. The third kappa shape index (κ3) is 3.38. The molecular formula is C13H17BrCl2. The van der Waals surface area contributed by atoms with E-state index in [-0.39, 0.29) is 5.41 Å². The molecule has 16 heavy (non-hydrogen) atoms. The molecule has 3 heteroatoms. The molecule has 0 aromatic heterocycles. The van der Waals surface area contributed by atoms with Crippen LogP contribution in [0.4, 0.5) is 0 Å². The standard InChI is InChI=1S/C13H17BrCl2/c1-9(2)13(3,8-14)7-10-6-11(15)4-5-12(10)16/h4-6,9H,7-8H2,1-3H3. The van der Waals surface area contributed by atoms with Crippen LogP contribution in [0.5, 0.6) is 0 Å². The second-order valence-corrected chi connectivity index (χ2v) is 6.26. The first-order chi connectivity index (χ1) is 7.39. The summed E-state index contributed by atoms with van der Waals surface area (Å²) in [5, 5.41) is 2.51. The predicted molar refractivity (Wildman–Crippen MR) is 76.9 cm³/mol. The summed E-state index contributed by atoms with van der Waals surface area (Å²) >= 11 is 15.8. The van der Waals surface area contributed by atoms with Crippen molar-refractivity contribution < 1.29 is 0 Å². The Balaban J connectivity index is 2.98. The molecule has 0 amide bonds. The lowest BCUT2D eigenvalue weighted by molar-refractivity contribution is 0.258. The fourth-order valence-electron chi connectivity index (χ4n) is 1.52. The maximum absolute atomic E-state index is 6.19. The minimum Gasteiger partial charge on any atom is -0.0922 e. The Bertz CT molecular complexity index is 363. The van der Waals surface area contributed by atoms with Crippen molar-refractivity contribution in [3.05, 3.63) is 33.8 Å². The molecule has 1 unspecified atom stereocenters. The van der Waals surface area contributed by atoms with Gasteiger partial charge in [-0.05, 0) is 41.5 Å². The van der Waals surface area contributed by atoms with Crippen LogP contribution in [0.15, 0.2) is 18.2 Å². The van der Waals surface area contributed by atoms with Gasteiger partial charge in [0.25, 0.3) is 0 Å². The summed E-state index contributed by atoms with van der Waals surface area (Å²) in [6.07, 6.45) is 0.940. The molecule has 0 aliphatic carbocycles. The quantitative estimate of drug-likeness (QED) is 0.633. The average molecular weight is 324 g/mol. The van der Waals surface area contributed by atoms with Crippen molar-refractivity contribution in [3.63, 3.8) is 0 Å². The molecule has 0 fully saturated rings. The Morgan fingerprint density at radius 2 is 1.94 bits per heavy atom. The van der Waals surface area contributed by atoms with E-state index in [4.69, 9.17) is 23.2 Å². The highest BCUT2D eigenvalue weighted by atomic mass is 79.9. The summed E-state index contributed by atoms with van der Waals surface area (Å²) in [5.74, 6) is 0.585. The third-order valence-corrected chi connectivity index (χ3v) is 5.19. The topological polar surface area (TPSA) is 0 Å². The van der Waals surface area contributed by atoms with E-state index in [1.54, 1.807) is 0 Å². The molecule has 0 bridgehead atoms. The first-order valence-corrected chi connectivity index (χ1v) is 7.26. The van der Waals surface area contributed by atoms with E-state index in [2.05, 4.69) is 36.7 Å². The maximum atomic E-state index is 6.19. The minimum atomic E-state index is 0.203. The van der Waals surface area contributed by atoms with E-state index < -0.39 is 0 Å². The Labute approximate surface area is 116 Å². The Kier molecular flexibility index (Phi) is 5.15. The van der Waals surface area contributed by atoms with Gasteiger partial charge in [0.2, 0.25) is 0 Å². The van der Waals surface area contributed by atoms with Crippen LogP contribution in [0.1, 0.15) is 26.3 Å². The van der Waals surface area contributed by atoms with Crippen LogP contribution >= 0.6 is 39.1 Å². The molecule has 0 radical (unpaired) electrons. The van der Waals surface area contributed by atoms with E-state index in [0.29, 0.717) is 5.92 Å². The van der Waals surface area contributed by atoms with Gasteiger partial charge in [0, 0.05) is 15.4 Å². The number of hydrogen-bond acceptors (Lipinski definition) is 0. The first kappa shape index (κ1) is 14.3. The molecule has 0 heterocycles. The zero-order valence-corrected chi connectivity index (χ0v) is 13.0. The van der Waals surface area contributed by atoms with Gasteiger partial charge in [-0.25, -0.2) is 0 Å². The lowest BCUT2D eigenvalue weighted by atomic mass is 9.76. The summed E-state index contributed by atoms with van der Waals surface area (Å²) in [7, 11) is 0. The minimum absolute atomic E-state index is 0.203. The van der Waals surface area contributed by atoms with Crippen LogP contribution in [-0.4, -0.2) is 5.33 Å². The molecule has 1 atom stereocenters. The van der Waals surface area contributed by atoms with Crippen molar-refractivity contribution in [2.24, 2.45) is 11.3 Å². The van der Waals surface area contributed by atoms with Crippen molar-refractivity contribution in [3.8, 4) is 0 Å². The lowest BCUT2D eigenvalue weighted by Crippen LogP contribution is -2.28. The van der Waals surface area contributed by atoms with Gasteiger partial charge in [-0.2, -0.15) is 0 Å². The zero-order chi connectivity index (χ0) is 12.3. The number of benzene rings is 1. The van der Waals surface area contributed by atoms with Crippen molar-refractivity contribution in [1.82, 2.24) is 0 Å². The zero-order valence-electron chi connectivity index (χ0n) is 9.86. The van der Waals surface area contributed by atoms with Crippen molar-refractivity contribution in [2.45, 2.75) is 27.2 Å². The van der Waals surface area contributed by atoms with Crippen LogP contribution in [-0.2, 0) is 6.42 Å². The number of hydrogen-bond donors (Lipinski definition) is 0. The molecular weight excluding hydrogens is 307 g/mol. The van der Waals surface area contributed by atoms with E-state index in [1.165, 1.54) is 0 Å². The highest BCUT2D eigenvalue weighted by Crippen LogP contribution is 2.35. The van der Waals surface area contributed by atoms with Crippen LogP contribution in [0.3, 0.4) is 0 Å². The normalized spacial score (nSPS) is 15.2. The van der Waals surface area contributed by atoms with Gasteiger partial charge in [-0.15, -0.1) is 0 Å². The molecule has 0 aliphatic rings. The smallest absolute Gasteiger partial charge is 0.0439 e. The average Bonchev–Trinajstić information content (AvgIpc) is 2.23. The number of alkyl halides is 1. The van der Waals surface area contributed by atoms with E-state index in [1.807, 2.05) is 18.2 Å². The Morgan fingerprint density at radius 3 is 2.44 bits per heavy atom. The predicted octanol–water partition coefficient (Wildman–Crippen LogP) is 5.59. The maximum Gasteiger partial charge on any atom is 0.0439 e. The summed E-state index contributed by atoms with van der Waals surface area (Å²) < 4.78 is 0. The van der Waals surface area contributed by atoms with E-state index in [9.17, 15) is 0 Å². The molecule has 1 aromatic rings. The van der Waals surface area contributed by atoms with E-state index >= 15 is 0 Å². The van der Waals surface area contributed by atoms with Gasteiger partial charge < -0.3 is 0 Å². The largest absolute Gasteiger partial charge is 0.0922 e. The monoisotopic (exact) mass is 322 g/mol. The van der Waals surface area contributed by atoms with Gasteiger partial charge in [0.05, 0.1) is 0 Å². The number of halogens is 3. The van der Waals surface area contributed by atoms with Gasteiger partial charge in [-0.3, -0.25) is 0 Å². The summed E-state index contributed by atoms with van der Waals surface area (Å²) in [6.45, 7) is 6.74. The van der Waals surface area contributed by atoms with Gasteiger partial charge in [0.1, 0.15) is 0 Å². The van der Waals surface area contributed by atoms with Gasteiger partial charge in [-0.1, -0.05) is 59.9 Å². The van der Waals surface area contributed by atoms with Gasteiger partial charge >= 0.3 is 0 Å². The molecule has 1 aromatic carbocycles. The highest BCUT2D eigenvalue weighted by molar-refractivity contribution is 9.09. The summed E-state index contributed by atoms with van der Waals surface area (Å²) in [6, 6.07) is 5.66. The van der Waals surface area contributed by atoms with E-state index in [0.717, 1.165) is 27.4 Å². The van der Waals surface area contributed by atoms with Crippen molar-refractivity contribution in [2.75, 3.05) is 5.33 Å². The first-order valence-electron chi connectivity index (χ1n) is 5.39.